The third kappa shape index (κ3) is 6.38. The highest BCUT2D eigenvalue weighted by atomic mass is 19.1. The van der Waals surface area contributed by atoms with Crippen LogP contribution < -0.4 is 20.7 Å². The molecule has 2 aromatic carbocycles. The minimum absolute atomic E-state index is 0.250. The number of nitrogens with zero attached hydrogens (tertiary/aromatic N) is 3. The summed E-state index contributed by atoms with van der Waals surface area (Å²) in [5.74, 6) is 2.63. The van der Waals surface area contributed by atoms with Crippen molar-refractivity contribution in [2.75, 3.05) is 56.6 Å². The van der Waals surface area contributed by atoms with Gasteiger partial charge in [0.1, 0.15) is 11.6 Å². The number of halogens is 1. The van der Waals surface area contributed by atoms with Crippen LogP contribution in [-0.4, -0.2) is 57.2 Å². The maximum absolute atomic E-state index is 13.8. The maximum atomic E-state index is 13.8. The lowest BCUT2D eigenvalue weighted by atomic mass is 9.81. The number of aliphatic imine (C=N–C) groups is 1. The zero-order valence-corrected chi connectivity index (χ0v) is 19.5. The van der Waals surface area contributed by atoms with Gasteiger partial charge in [-0.05, 0) is 68.0 Å². The first-order valence-corrected chi connectivity index (χ1v) is 12.1. The highest BCUT2D eigenvalue weighted by Crippen LogP contribution is 2.29. The predicted molar refractivity (Wildman–Crippen MR) is 134 cm³/mol. The van der Waals surface area contributed by atoms with Crippen molar-refractivity contribution in [1.82, 2.24) is 4.90 Å². The molecule has 1 saturated heterocycles. The van der Waals surface area contributed by atoms with Crippen molar-refractivity contribution in [3.63, 3.8) is 0 Å². The number of methoxy groups -OCH3 is 1. The molecule has 2 unspecified atom stereocenters. The Morgan fingerprint density at radius 1 is 1.09 bits per heavy atom. The van der Waals surface area contributed by atoms with Crippen molar-refractivity contribution in [3.8, 4) is 5.75 Å². The van der Waals surface area contributed by atoms with Crippen LogP contribution in [0.25, 0.3) is 0 Å². The lowest BCUT2D eigenvalue weighted by Gasteiger charge is -2.38. The van der Waals surface area contributed by atoms with Gasteiger partial charge < -0.3 is 25.6 Å². The smallest absolute Gasteiger partial charge is 0.198 e. The summed E-state index contributed by atoms with van der Waals surface area (Å²) in [6.07, 6.45) is 4.82. The Morgan fingerprint density at radius 2 is 1.88 bits per heavy atom. The highest BCUT2D eigenvalue weighted by Gasteiger charge is 2.23. The number of piperazine rings is 1. The van der Waals surface area contributed by atoms with Crippen LogP contribution in [0.4, 0.5) is 15.8 Å². The molecule has 0 spiro atoms. The molecule has 4 rings (SSSR count). The van der Waals surface area contributed by atoms with Crippen molar-refractivity contribution in [1.29, 1.82) is 0 Å². The molecule has 178 valence electrons. The van der Waals surface area contributed by atoms with Crippen LogP contribution in [0.3, 0.4) is 0 Å². The minimum atomic E-state index is -0.250. The van der Waals surface area contributed by atoms with Crippen LogP contribution >= 0.6 is 0 Å². The van der Waals surface area contributed by atoms with Gasteiger partial charge in [-0.25, -0.2) is 4.39 Å². The summed E-state index contributed by atoms with van der Waals surface area (Å²) in [5, 5.41) is 3.40. The number of hydrogen-bond donors (Lipinski definition) is 2. The molecule has 2 fully saturated rings. The van der Waals surface area contributed by atoms with Crippen molar-refractivity contribution in [2.24, 2.45) is 22.6 Å². The van der Waals surface area contributed by atoms with E-state index in [2.05, 4.69) is 27.2 Å². The first-order valence-electron chi connectivity index (χ1n) is 12.1. The van der Waals surface area contributed by atoms with Gasteiger partial charge in [-0.15, -0.1) is 0 Å². The molecule has 2 atom stereocenters. The fraction of sp³-hybridized carbons (Fsp3) is 0.500. The van der Waals surface area contributed by atoms with Crippen LogP contribution in [0.2, 0.25) is 0 Å². The fourth-order valence-corrected chi connectivity index (χ4v) is 4.90. The average molecular weight is 454 g/mol. The van der Waals surface area contributed by atoms with Crippen LogP contribution in [0, 0.1) is 17.7 Å². The van der Waals surface area contributed by atoms with Gasteiger partial charge in [-0.1, -0.05) is 18.6 Å². The number of anilines is 2. The second-order valence-electron chi connectivity index (χ2n) is 9.11. The SMILES string of the molecule is COc1cccc(N2CCN(C(=NCC3CCCC(CN)C3)Nc3cccc(F)c3)CC2)c1. The number of hydrogen-bond acceptors (Lipinski definition) is 4. The van der Waals surface area contributed by atoms with Gasteiger partial charge in [0.2, 0.25) is 0 Å². The molecule has 0 bridgehead atoms. The second kappa shape index (κ2) is 11.4. The Labute approximate surface area is 196 Å². The van der Waals surface area contributed by atoms with Gasteiger partial charge >= 0.3 is 0 Å². The molecule has 0 aromatic heterocycles. The molecule has 7 heteroatoms. The van der Waals surface area contributed by atoms with Gasteiger partial charge in [0.15, 0.2) is 5.96 Å². The number of nitrogens with two attached hydrogens (primary N) is 1. The Hall–Kier alpha value is -2.80. The standard InChI is InChI=1S/C26H36FN5O/c1-33-25-10-4-9-24(17-25)31-11-13-32(14-12-31)26(30-23-8-3-7-22(27)16-23)29-19-21-6-2-5-20(15-21)18-28/h3-4,7-10,16-17,20-21H,2,5-6,11-15,18-19,28H2,1H3,(H,29,30). The van der Waals surface area contributed by atoms with Crippen molar-refractivity contribution in [3.05, 3.63) is 54.3 Å². The monoisotopic (exact) mass is 453 g/mol. The van der Waals surface area contributed by atoms with Gasteiger partial charge in [0.25, 0.3) is 0 Å². The topological polar surface area (TPSA) is 66.1 Å². The zero-order valence-electron chi connectivity index (χ0n) is 19.5. The fourth-order valence-electron chi connectivity index (χ4n) is 4.90. The molecule has 6 nitrogen and oxygen atoms in total. The number of benzene rings is 2. The van der Waals surface area contributed by atoms with E-state index in [0.29, 0.717) is 11.8 Å². The van der Waals surface area contributed by atoms with Gasteiger partial charge in [0, 0.05) is 50.2 Å². The summed E-state index contributed by atoms with van der Waals surface area (Å²) in [7, 11) is 1.69. The molecule has 3 N–H and O–H groups in total. The number of guanidine groups is 1. The molecule has 1 heterocycles. The van der Waals surface area contributed by atoms with Crippen LogP contribution in [0.1, 0.15) is 25.7 Å². The van der Waals surface area contributed by atoms with E-state index in [0.717, 1.165) is 63.1 Å². The van der Waals surface area contributed by atoms with Crippen LogP contribution in [0.15, 0.2) is 53.5 Å². The molecule has 2 aromatic rings. The Kier molecular flexibility index (Phi) is 8.05. The van der Waals surface area contributed by atoms with E-state index >= 15 is 0 Å². The Balaban J connectivity index is 1.44. The first kappa shape index (κ1) is 23.4. The summed E-state index contributed by atoms with van der Waals surface area (Å²) in [6, 6.07) is 14.8. The van der Waals surface area contributed by atoms with Gasteiger partial charge in [-0.2, -0.15) is 0 Å². The van der Waals surface area contributed by atoms with E-state index in [4.69, 9.17) is 15.5 Å². The van der Waals surface area contributed by atoms with Crippen LogP contribution in [0.5, 0.6) is 5.75 Å². The Bertz CT molecular complexity index is 928. The maximum Gasteiger partial charge on any atom is 0.198 e. The summed E-state index contributed by atoms with van der Waals surface area (Å²) in [5.41, 5.74) is 7.83. The third-order valence-corrected chi connectivity index (χ3v) is 6.80. The van der Waals surface area contributed by atoms with Crippen LogP contribution in [-0.2, 0) is 0 Å². The Morgan fingerprint density at radius 3 is 2.64 bits per heavy atom. The molecular weight excluding hydrogens is 417 g/mol. The van der Waals surface area contributed by atoms with Crippen molar-refractivity contribution < 1.29 is 9.13 Å². The quantitative estimate of drug-likeness (QED) is 0.507. The predicted octanol–water partition coefficient (Wildman–Crippen LogP) is 4.19. The zero-order chi connectivity index (χ0) is 23.0. The third-order valence-electron chi connectivity index (χ3n) is 6.80. The highest BCUT2D eigenvalue weighted by molar-refractivity contribution is 5.93. The molecular formula is C26H36FN5O. The van der Waals surface area contributed by atoms with Crippen molar-refractivity contribution in [2.45, 2.75) is 25.7 Å². The van der Waals surface area contributed by atoms with E-state index in [1.54, 1.807) is 13.2 Å². The molecule has 33 heavy (non-hydrogen) atoms. The normalized spacial score (nSPS) is 21.7. The summed E-state index contributed by atoms with van der Waals surface area (Å²) in [4.78, 5) is 9.67. The molecule has 2 aliphatic rings. The minimum Gasteiger partial charge on any atom is -0.497 e. The van der Waals surface area contributed by atoms with Crippen molar-refractivity contribution >= 4 is 17.3 Å². The van der Waals surface area contributed by atoms with Gasteiger partial charge in [0.05, 0.1) is 7.11 Å². The summed E-state index contributed by atoms with van der Waals surface area (Å²) < 4.78 is 19.2. The molecule has 1 saturated carbocycles. The number of nitrogens with one attached hydrogen (secondary N) is 1. The van der Waals surface area contributed by atoms with E-state index < -0.39 is 0 Å². The molecule has 1 aliphatic heterocycles. The lowest BCUT2D eigenvalue weighted by molar-refractivity contribution is 0.276. The second-order valence-corrected chi connectivity index (χ2v) is 9.11. The molecule has 0 amide bonds. The summed E-state index contributed by atoms with van der Waals surface area (Å²) in [6.45, 7) is 5.00. The number of ether oxygens (including phenoxy) is 1. The number of rotatable bonds is 6. The average Bonchev–Trinajstić information content (AvgIpc) is 2.87. The first-order chi connectivity index (χ1) is 16.1. The summed E-state index contributed by atoms with van der Waals surface area (Å²) >= 11 is 0. The molecule has 1 aliphatic carbocycles. The molecule has 0 radical (unpaired) electrons. The van der Waals surface area contributed by atoms with E-state index in [-0.39, 0.29) is 5.82 Å². The van der Waals surface area contributed by atoms with E-state index in [9.17, 15) is 4.39 Å². The lowest BCUT2D eigenvalue weighted by Crippen LogP contribution is -2.51. The van der Waals surface area contributed by atoms with E-state index in [1.165, 1.54) is 37.1 Å². The largest absolute Gasteiger partial charge is 0.497 e. The van der Waals surface area contributed by atoms with E-state index in [1.807, 2.05) is 18.2 Å². The van der Waals surface area contributed by atoms with Gasteiger partial charge in [-0.3, -0.25) is 4.99 Å².